The van der Waals surface area contributed by atoms with Gasteiger partial charge in [0.15, 0.2) is 17.4 Å². The Morgan fingerprint density at radius 3 is 1.00 bits per heavy atom. The Morgan fingerprint density at radius 2 is 1.00 bits per heavy atom. The zero-order chi connectivity index (χ0) is 0. The van der Waals surface area contributed by atoms with Crippen molar-refractivity contribution in [1.29, 1.82) is 0 Å². The monoisotopic (exact) mass is 220 g/mol. The summed E-state index contributed by atoms with van der Waals surface area (Å²) in [5, 5.41) is 0. The summed E-state index contributed by atoms with van der Waals surface area (Å²) in [6.45, 7) is 0. The van der Waals surface area contributed by atoms with Crippen molar-refractivity contribution in [2.24, 2.45) is 0 Å². The zero-order valence-corrected chi connectivity index (χ0v) is 4.74. The molecule has 40 valence electrons. The Hall–Kier alpha value is 2.01. The van der Waals surface area contributed by atoms with Crippen LogP contribution in [0, 0.1) is 0 Å². The first kappa shape index (κ1) is 62.6. The fourth-order valence-electron chi connectivity index (χ4n) is 0. The van der Waals surface area contributed by atoms with E-state index in [0.717, 1.165) is 0 Å². The Bertz CT molecular complexity index is 11.6. The Labute approximate surface area is 72.7 Å². The van der Waals surface area contributed by atoms with Crippen LogP contribution in [0.2, 0.25) is 0 Å². The molecule has 0 saturated heterocycles. The third-order valence-electron chi connectivity index (χ3n) is 0. The average molecular weight is 221 g/mol. The van der Waals surface area contributed by atoms with Gasteiger partial charge in [-0.05, 0) is 0 Å². The molecule has 0 aromatic carbocycles. The van der Waals surface area contributed by atoms with Crippen molar-refractivity contribution in [3.05, 3.63) is 0 Å². The fourth-order valence-corrected chi connectivity index (χ4v) is 0. The minimum Gasteiger partial charge on any atom is -0.412 e. The van der Waals surface area contributed by atoms with Crippen molar-refractivity contribution >= 4 is 17.4 Å². The van der Waals surface area contributed by atoms with Gasteiger partial charge in [-0.15, -0.1) is 0 Å². The van der Waals surface area contributed by atoms with Crippen LogP contribution in [-0.4, -0.2) is 22.8 Å². The van der Waals surface area contributed by atoms with E-state index >= 15 is 0 Å². The van der Waals surface area contributed by atoms with Gasteiger partial charge in [0.25, 0.3) is 0 Å². The van der Waals surface area contributed by atoms with E-state index in [2.05, 4.69) is 0 Å². The van der Waals surface area contributed by atoms with E-state index < -0.39 is 0 Å². The van der Waals surface area contributed by atoms with Crippen molar-refractivity contribution in [2.75, 3.05) is 0 Å². The standard InChI is InChI=1S/Al.Co.Mn.Ni.H2O.3H/h;;;;1H2;;;. The van der Waals surface area contributed by atoms with Crippen molar-refractivity contribution in [3.63, 3.8) is 0 Å². The zero-order valence-electron chi connectivity index (χ0n) is 1.53. The summed E-state index contributed by atoms with van der Waals surface area (Å²) in [6, 6.07) is 0. The van der Waals surface area contributed by atoms with Gasteiger partial charge < -0.3 is 5.48 Å². The predicted molar refractivity (Wildman–Crippen MR) is 13.6 cm³/mol. The second kappa shape index (κ2) is 37.3. The summed E-state index contributed by atoms with van der Waals surface area (Å²) in [6.07, 6.45) is 0. The molecule has 0 aromatic rings. The van der Waals surface area contributed by atoms with Gasteiger partial charge in [0.2, 0.25) is 0 Å². The molecule has 5 heavy (non-hydrogen) atoms. The third kappa shape index (κ3) is 23.9. The van der Waals surface area contributed by atoms with Crippen LogP contribution in [0.1, 0.15) is 0 Å². The van der Waals surface area contributed by atoms with E-state index in [0.29, 0.717) is 0 Å². The molecule has 0 aromatic heterocycles. The van der Waals surface area contributed by atoms with Crippen LogP contribution >= 0.6 is 0 Å². The second-order valence-corrected chi connectivity index (χ2v) is 0. The van der Waals surface area contributed by atoms with E-state index in [4.69, 9.17) is 0 Å². The summed E-state index contributed by atoms with van der Waals surface area (Å²) < 4.78 is 0. The smallest absolute Gasteiger partial charge is 0.187 e. The molecular weight excluding hydrogens is 216 g/mol. The maximum atomic E-state index is 0. The van der Waals surface area contributed by atoms with E-state index in [1.54, 1.807) is 0 Å². The molecule has 5 heteroatoms. The summed E-state index contributed by atoms with van der Waals surface area (Å²) in [5.41, 5.74) is 0. The van der Waals surface area contributed by atoms with Crippen molar-refractivity contribution in [3.8, 4) is 0 Å². The maximum Gasteiger partial charge on any atom is 0.187 e. The molecule has 0 fully saturated rings. The van der Waals surface area contributed by atoms with Gasteiger partial charge in [-0.2, -0.15) is 0 Å². The first-order chi connectivity index (χ1) is 0. The Morgan fingerprint density at radius 1 is 1.00 bits per heavy atom. The van der Waals surface area contributed by atoms with E-state index in [1.807, 2.05) is 0 Å². The van der Waals surface area contributed by atoms with Gasteiger partial charge in [-0.25, -0.2) is 0 Å². The number of hydrogen-bond donors (Lipinski definition) is 0. The Kier molecular flexibility index (Phi) is 467. The van der Waals surface area contributed by atoms with Gasteiger partial charge in [0, 0.05) is 50.3 Å². The molecule has 0 aliphatic heterocycles. The van der Waals surface area contributed by atoms with Crippen LogP contribution in [-0.2, 0) is 50.3 Å². The normalized spacial score (nSPS) is 0. The van der Waals surface area contributed by atoms with Crippen LogP contribution in [0.3, 0.4) is 0 Å². The maximum absolute atomic E-state index is 0. The molecule has 1 nitrogen and oxygen atoms in total. The fraction of sp³-hybridized carbons (Fsp3) is 0. The van der Waals surface area contributed by atoms with Crippen LogP contribution in [0.5, 0.6) is 0 Å². The molecule has 2 radical (unpaired) electrons. The van der Waals surface area contributed by atoms with Crippen LogP contribution in [0.4, 0.5) is 0 Å². The molecule has 0 saturated carbocycles. The van der Waals surface area contributed by atoms with Crippen molar-refractivity contribution < 1.29 is 55.8 Å². The molecule has 0 unspecified atom stereocenters. The van der Waals surface area contributed by atoms with Crippen molar-refractivity contribution in [2.45, 2.75) is 0 Å². The van der Waals surface area contributed by atoms with Gasteiger partial charge >= 0.3 is 0 Å². The van der Waals surface area contributed by atoms with Crippen LogP contribution in [0.15, 0.2) is 0 Å². The molecule has 0 bridgehead atoms. The first-order valence-electron chi connectivity index (χ1n) is 0. The molecule has 0 aliphatic carbocycles. The molecule has 0 amide bonds. The van der Waals surface area contributed by atoms with Gasteiger partial charge in [-0.1, -0.05) is 0 Å². The molecule has 0 rings (SSSR count). The van der Waals surface area contributed by atoms with Crippen LogP contribution in [0.25, 0.3) is 0 Å². The molecular formula is H5AlCoMnNiO. The first-order valence-corrected chi connectivity index (χ1v) is 0. The largest absolute Gasteiger partial charge is 0.412 e. The summed E-state index contributed by atoms with van der Waals surface area (Å²) in [7, 11) is 0. The quantitative estimate of drug-likeness (QED) is 0.423. The summed E-state index contributed by atoms with van der Waals surface area (Å²) in [4.78, 5) is 0. The molecule has 2 N–H and O–H groups in total. The minimum absolute atomic E-state index is 0. The number of hydrogen-bond acceptors (Lipinski definition) is 0. The average Bonchev–Trinajstić information content (AvgIpc) is 0. The minimum atomic E-state index is 0. The van der Waals surface area contributed by atoms with E-state index in [-0.39, 0.29) is 73.2 Å². The third-order valence-corrected chi connectivity index (χ3v) is 0. The summed E-state index contributed by atoms with van der Waals surface area (Å²) in [5.74, 6) is 0. The van der Waals surface area contributed by atoms with Gasteiger partial charge in [0.05, 0.1) is 0 Å². The molecule has 0 heterocycles. The second-order valence-electron chi connectivity index (χ2n) is 0. The van der Waals surface area contributed by atoms with Crippen LogP contribution < -0.4 is 0 Å². The number of rotatable bonds is 0. The van der Waals surface area contributed by atoms with E-state index in [1.165, 1.54) is 0 Å². The predicted octanol–water partition coefficient (Wildman–Crippen LogP) is -2.02. The Balaban J connectivity index is 0. The molecule has 0 aliphatic rings. The van der Waals surface area contributed by atoms with Gasteiger partial charge in [0.1, 0.15) is 0 Å². The summed E-state index contributed by atoms with van der Waals surface area (Å²) >= 11 is 0. The SMILES string of the molecule is O.[AlH3].[Co].[Mn].[Ni]. The molecule has 0 spiro atoms. The molecule has 0 atom stereocenters. The van der Waals surface area contributed by atoms with E-state index in [9.17, 15) is 0 Å². The van der Waals surface area contributed by atoms with Crippen molar-refractivity contribution in [1.82, 2.24) is 0 Å². The topological polar surface area (TPSA) is 31.5 Å². The van der Waals surface area contributed by atoms with Gasteiger partial charge in [-0.3, -0.25) is 0 Å².